The molecule has 1 aliphatic rings. The van der Waals surface area contributed by atoms with Gasteiger partial charge < -0.3 is 9.47 Å². The fourth-order valence-electron chi connectivity index (χ4n) is 3.63. The van der Waals surface area contributed by atoms with Crippen LogP contribution in [0.5, 0.6) is 0 Å². The lowest BCUT2D eigenvalue weighted by Crippen LogP contribution is -2.51. The van der Waals surface area contributed by atoms with Gasteiger partial charge in [0.1, 0.15) is 10.9 Å². The van der Waals surface area contributed by atoms with Crippen molar-refractivity contribution in [3.05, 3.63) is 54.7 Å². The molecule has 1 saturated heterocycles. The number of imidazole rings is 1. The van der Waals surface area contributed by atoms with Crippen molar-refractivity contribution in [2.75, 3.05) is 26.2 Å². The average Bonchev–Trinajstić information content (AvgIpc) is 3.27. The van der Waals surface area contributed by atoms with Crippen LogP contribution in [-0.2, 0) is 14.8 Å². The first-order valence-electron chi connectivity index (χ1n) is 9.49. The number of sulfonamides is 1. The van der Waals surface area contributed by atoms with Crippen molar-refractivity contribution in [3.63, 3.8) is 0 Å². The molecule has 29 heavy (non-hydrogen) atoms. The summed E-state index contributed by atoms with van der Waals surface area (Å²) in [5, 5.41) is 0.800. The Morgan fingerprint density at radius 3 is 2.62 bits per heavy atom. The van der Waals surface area contributed by atoms with Crippen LogP contribution in [0.4, 0.5) is 0 Å². The van der Waals surface area contributed by atoms with Crippen LogP contribution >= 0.6 is 0 Å². The summed E-state index contributed by atoms with van der Waals surface area (Å²) in [5.74, 6) is -0.0395. The Morgan fingerprint density at radius 2 is 1.93 bits per heavy atom. The lowest BCUT2D eigenvalue weighted by molar-refractivity contribution is -0.135. The molecular formula is C20H23N5O3S. The molecule has 1 aliphatic heterocycles. The second-order valence-electron chi connectivity index (χ2n) is 7.26. The molecular weight excluding hydrogens is 390 g/mol. The Kier molecular flexibility index (Phi) is 5.10. The fourth-order valence-corrected chi connectivity index (χ4v) is 5.22. The summed E-state index contributed by atoms with van der Waals surface area (Å²) in [6, 6.07) is 6.76. The van der Waals surface area contributed by atoms with Crippen molar-refractivity contribution < 1.29 is 13.2 Å². The Labute approximate surface area is 169 Å². The zero-order valence-corrected chi connectivity index (χ0v) is 17.2. The molecule has 0 spiro atoms. The summed E-state index contributed by atoms with van der Waals surface area (Å²) in [5.41, 5.74) is 1.46. The van der Waals surface area contributed by atoms with Gasteiger partial charge in [-0.05, 0) is 31.5 Å². The van der Waals surface area contributed by atoms with Crippen molar-refractivity contribution in [3.8, 4) is 0 Å². The van der Waals surface area contributed by atoms with E-state index in [0.717, 1.165) is 10.9 Å². The molecule has 0 aliphatic carbocycles. The molecule has 4 rings (SSSR count). The number of fused-ring (bicyclic) bond motifs is 1. The second-order valence-corrected chi connectivity index (χ2v) is 9.16. The summed E-state index contributed by atoms with van der Waals surface area (Å²) < 4.78 is 29.7. The Hall–Kier alpha value is -2.78. The maximum Gasteiger partial charge on any atom is 0.245 e. The largest absolute Gasteiger partial charge is 0.338 e. The van der Waals surface area contributed by atoms with Gasteiger partial charge in [0, 0.05) is 50.2 Å². The van der Waals surface area contributed by atoms with Crippen molar-refractivity contribution in [1.29, 1.82) is 0 Å². The second kappa shape index (κ2) is 7.57. The van der Waals surface area contributed by atoms with Crippen LogP contribution in [0.25, 0.3) is 10.9 Å². The Bertz CT molecular complexity index is 1140. The minimum atomic E-state index is -3.70. The third kappa shape index (κ3) is 3.63. The van der Waals surface area contributed by atoms with Gasteiger partial charge in [0.25, 0.3) is 0 Å². The van der Waals surface area contributed by atoms with Crippen LogP contribution in [0.1, 0.15) is 18.5 Å². The van der Waals surface area contributed by atoms with Crippen LogP contribution in [-0.4, -0.2) is 64.2 Å². The van der Waals surface area contributed by atoms with E-state index in [9.17, 15) is 13.2 Å². The standard InChI is InChI=1S/C20H23N5O3S/c1-15-12-17-4-3-5-18(19(17)22-13-15)29(27,28)25-10-8-23(9-11-25)20(26)16(2)24-7-6-21-14-24/h3-7,12-14,16H,8-11H2,1-2H3. The van der Waals surface area contributed by atoms with E-state index in [0.29, 0.717) is 18.6 Å². The number of hydrogen-bond donors (Lipinski definition) is 0. The minimum Gasteiger partial charge on any atom is -0.338 e. The number of aryl methyl sites for hydroxylation is 1. The van der Waals surface area contributed by atoms with Crippen molar-refractivity contribution >= 4 is 26.8 Å². The van der Waals surface area contributed by atoms with E-state index in [-0.39, 0.29) is 29.9 Å². The zero-order chi connectivity index (χ0) is 20.6. The summed E-state index contributed by atoms with van der Waals surface area (Å²) in [6.07, 6.45) is 6.67. The van der Waals surface area contributed by atoms with Gasteiger partial charge in [-0.15, -0.1) is 0 Å². The van der Waals surface area contributed by atoms with Crippen molar-refractivity contribution in [1.82, 2.24) is 23.7 Å². The molecule has 9 heteroatoms. The number of pyridine rings is 1. The van der Waals surface area contributed by atoms with E-state index in [2.05, 4.69) is 9.97 Å². The van der Waals surface area contributed by atoms with Crippen LogP contribution in [0.2, 0.25) is 0 Å². The van der Waals surface area contributed by atoms with Crippen LogP contribution in [0, 0.1) is 6.92 Å². The predicted molar refractivity (Wildman–Crippen MR) is 109 cm³/mol. The monoisotopic (exact) mass is 413 g/mol. The maximum atomic E-state index is 13.3. The molecule has 0 bridgehead atoms. The molecule has 1 amide bonds. The molecule has 3 heterocycles. The first-order valence-corrected chi connectivity index (χ1v) is 10.9. The van der Waals surface area contributed by atoms with Crippen LogP contribution < -0.4 is 0 Å². The number of benzene rings is 1. The lowest BCUT2D eigenvalue weighted by atomic mass is 10.2. The van der Waals surface area contributed by atoms with Crippen LogP contribution in [0.3, 0.4) is 0 Å². The first-order chi connectivity index (χ1) is 13.9. The summed E-state index contributed by atoms with van der Waals surface area (Å²) in [6.45, 7) is 4.97. The van der Waals surface area contributed by atoms with E-state index >= 15 is 0 Å². The number of aromatic nitrogens is 3. The van der Waals surface area contributed by atoms with Gasteiger partial charge >= 0.3 is 0 Å². The molecule has 8 nitrogen and oxygen atoms in total. The summed E-state index contributed by atoms with van der Waals surface area (Å²) in [4.78, 5) is 23.0. The highest BCUT2D eigenvalue weighted by Crippen LogP contribution is 2.26. The number of carbonyl (C=O) groups is 1. The third-order valence-corrected chi connectivity index (χ3v) is 7.24. The highest BCUT2D eigenvalue weighted by molar-refractivity contribution is 7.89. The minimum absolute atomic E-state index is 0.0395. The maximum absolute atomic E-state index is 13.3. The molecule has 3 aromatic rings. The topological polar surface area (TPSA) is 88.4 Å². The van der Waals surface area contributed by atoms with Gasteiger partial charge in [0.15, 0.2) is 0 Å². The number of rotatable bonds is 4. The molecule has 0 saturated carbocycles. The molecule has 0 N–H and O–H groups in total. The lowest BCUT2D eigenvalue weighted by Gasteiger charge is -2.35. The quantitative estimate of drug-likeness (QED) is 0.651. The molecule has 1 atom stereocenters. The predicted octanol–water partition coefficient (Wildman–Crippen LogP) is 1.83. The van der Waals surface area contributed by atoms with Crippen molar-refractivity contribution in [2.24, 2.45) is 0 Å². The van der Waals surface area contributed by atoms with Gasteiger partial charge in [-0.1, -0.05) is 12.1 Å². The number of carbonyl (C=O) groups excluding carboxylic acids is 1. The van der Waals surface area contributed by atoms with E-state index in [1.165, 1.54) is 4.31 Å². The highest BCUT2D eigenvalue weighted by atomic mass is 32.2. The summed E-state index contributed by atoms with van der Waals surface area (Å²) in [7, 11) is -3.70. The molecule has 152 valence electrons. The molecule has 2 aromatic heterocycles. The Morgan fingerprint density at radius 1 is 1.17 bits per heavy atom. The number of nitrogens with zero attached hydrogens (tertiary/aromatic N) is 5. The van der Waals surface area contributed by atoms with Crippen LogP contribution in [0.15, 0.2) is 54.1 Å². The van der Waals surface area contributed by atoms with Gasteiger partial charge in [-0.2, -0.15) is 4.31 Å². The molecule has 1 unspecified atom stereocenters. The van der Waals surface area contributed by atoms with Gasteiger partial charge in [0.05, 0.1) is 11.8 Å². The van der Waals surface area contributed by atoms with Crippen molar-refractivity contribution in [2.45, 2.75) is 24.8 Å². The number of para-hydroxylation sites is 1. The van der Waals surface area contributed by atoms with Gasteiger partial charge in [0.2, 0.25) is 15.9 Å². The third-order valence-electron chi connectivity index (χ3n) is 5.31. The zero-order valence-electron chi connectivity index (χ0n) is 16.4. The highest BCUT2D eigenvalue weighted by Gasteiger charge is 2.32. The summed E-state index contributed by atoms with van der Waals surface area (Å²) >= 11 is 0. The molecule has 1 aromatic carbocycles. The number of hydrogen-bond acceptors (Lipinski definition) is 5. The average molecular weight is 414 g/mol. The van der Waals surface area contributed by atoms with E-state index in [1.807, 2.05) is 26.0 Å². The number of piperazine rings is 1. The van der Waals surface area contributed by atoms with E-state index in [1.54, 1.807) is 46.5 Å². The van der Waals surface area contributed by atoms with Gasteiger partial charge in [-0.25, -0.2) is 13.4 Å². The van der Waals surface area contributed by atoms with E-state index < -0.39 is 10.0 Å². The number of amides is 1. The first kappa shape index (κ1) is 19.5. The SMILES string of the molecule is Cc1cnc2c(S(=O)(=O)N3CCN(C(=O)C(C)n4ccnc4)CC3)cccc2c1. The molecule has 1 fully saturated rings. The fraction of sp³-hybridized carbons (Fsp3) is 0.350. The smallest absolute Gasteiger partial charge is 0.245 e. The normalized spacial score (nSPS) is 16.8. The van der Waals surface area contributed by atoms with E-state index in [4.69, 9.17) is 0 Å². The van der Waals surface area contributed by atoms with Gasteiger partial charge in [-0.3, -0.25) is 9.78 Å². The Balaban J connectivity index is 1.52. The molecule has 0 radical (unpaired) electrons.